The number of carboxylic acid groups (broad SMARTS) is 1. The van der Waals surface area contributed by atoms with Crippen LogP contribution in [0.4, 0.5) is 0 Å². The van der Waals surface area contributed by atoms with E-state index in [1.54, 1.807) is 0 Å². The Labute approximate surface area is 132 Å². The number of rotatable bonds is 8. The summed E-state index contributed by atoms with van der Waals surface area (Å²) in [6.45, 7) is 5.08. The van der Waals surface area contributed by atoms with Gasteiger partial charge < -0.3 is 25.0 Å². The van der Waals surface area contributed by atoms with Crippen LogP contribution in [0.5, 0.6) is 0 Å². The summed E-state index contributed by atoms with van der Waals surface area (Å²) in [7, 11) is -2.10. The van der Waals surface area contributed by atoms with Gasteiger partial charge in [0, 0.05) is 25.2 Å². The Hall–Kier alpha value is -0.513. The van der Waals surface area contributed by atoms with Gasteiger partial charge in [0.25, 0.3) is 0 Å². The third-order valence-corrected chi connectivity index (χ3v) is 4.85. The Morgan fingerprint density at radius 3 is 2.27 bits per heavy atom. The van der Waals surface area contributed by atoms with Crippen molar-refractivity contribution < 1.29 is 29.7 Å². The second-order valence-corrected chi connectivity index (χ2v) is 11.3. The van der Waals surface area contributed by atoms with E-state index in [0.717, 1.165) is 12.8 Å². The Kier molecular flexibility index (Phi) is 7.43. The molecule has 0 amide bonds. The van der Waals surface area contributed by atoms with Crippen molar-refractivity contribution in [2.75, 3.05) is 19.8 Å². The maximum Gasteiger partial charge on any atom is 0.325 e. The number of nitrogens with zero attached hydrogens (tertiary/aromatic N) is 1. The van der Waals surface area contributed by atoms with E-state index < -0.39 is 26.9 Å². The second kappa shape index (κ2) is 8.37. The third-order valence-electron chi connectivity index (χ3n) is 4.09. The summed E-state index contributed by atoms with van der Waals surface area (Å²) in [6.07, 6.45) is 2.31. The van der Waals surface area contributed by atoms with Crippen molar-refractivity contribution in [2.45, 2.75) is 51.0 Å². The summed E-state index contributed by atoms with van der Waals surface area (Å²) in [5.74, 6) is -1.49. The second-order valence-electron chi connectivity index (χ2n) is 6.89. The van der Waals surface area contributed by atoms with Gasteiger partial charge in [-0.2, -0.15) is 5.06 Å². The fourth-order valence-corrected chi connectivity index (χ4v) is 3.99. The number of aliphatic hydroxyl groups excluding tert-OH is 3. The van der Waals surface area contributed by atoms with Gasteiger partial charge in [0.1, 0.15) is 0 Å². The number of hydrogen-bond donors (Lipinski definition) is 4. The molecule has 0 heterocycles. The third kappa shape index (κ3) is 5.00. The van der Waals surface area contributed by atoms with E-state index in [-0.39, 0.29) is 31.1 Å². The van der Waals surface area contributed by atoms with Crippen LogP contribution in [-0.2, 0) is 9.32 Å². The quantitative estimate of drug-likeness (QED) is 0.372. The number of aliphatic hydroxyl groups is 3. The zero-order chi connectivity index (χ0) is 16.9. The van der Waals surface area contributed by atoms with Crippen LogP contribution in [0.3, 0.4) is 0 Å². The highest BCUT2D eigenvalue weighted by Gasteiger charge is 2.42. The van der Waals surface area contributed by atoms with Crippen LogP contribution in [0, 0.1) is 11.8 Å². The molecule has 0 radical (unpaired) electrons. The van der Waals surface area contributed by atoms with E-state index in [1.807, 2.05) is 19.6 Å². The van der Waals surface area contributed by atoms with Crippen LogP contribution in [-0.4, -0.2) is 71.7 Å². The van der Waals surface area contributed by atoms with Gasteiger partial charge in [0.15, 0.2) is 6.04 Å². The first-order valence-electron chi connectivity index (χ1n) is 7.78. The van der Waals surface area contributed by atoms with Crippen LogP contribution >= 0.6 is 0 Å². The summed E-state index contributed by atoms with van der Waals surface area (Å²) in [5, 5.41) is 39.5. The van der Waals surface area contributed by atoms with Crippen molar-refractivity contribution in [3.05, 3.63) is 0 Å². The molecule has 3 unspecified atom stereocenters. The maximum atomic E-state index is 11.5. The minimum atomic E-state index is -2.10. The van der Waals surface area contributed by atoms with Crippen molar-refractivity contribution in [3.8, 4) is 0 Å². The van der Waals surface area contributed by atoms with Gasteiger partial charge in [0.2, 0.25) is 8.32 Å². The molecule has 8 heteroatoms. The van der Waals surface area contributed by atoms with E-state index in [2.05, 4.69) is 0 Å². The first kappa shape index (κ1) is 19.5. The predicted molar refractivity (Wildman–Crippen MR) is 83.6 cm³/mol. The molecule has 130 valence electrons. The number of aliphatic carboxylic acids is 1. The molecule has 1 aliphatic rings. The summed E-state index contributed by atoms with van der Waals surface area (Å²) in [4.78, 5) is 11.5. The van der Waals surface area contributed by atoms with Gasteiger partial charge in [-0.15, -0.1) is 0 Å². The average Bonchev–Trinajstić information content (AvgIpc) is 2.44. The maximum absolute atomic E-state index is 11.5. The minimum Gasteiger partial charge on any atom is -0.480 e. The fraction of sp³-hybridized carbons (Fsp3) is 0.929. The fourth-order valence-electron chi connectivity index (χ4n) is 3.09. The Morgan fingerprint density at radius 1 is 1.23 bits per heavy atom. The van der Waals surface area contributed by atoms with Crippen LogP contribution in [0.25, 0.3) is 0 Å². The highest BCUT2D eigenvalue weighted by atomic mass is 28.4. The molecule has 4 N–H and O–H groups in total. The summed E-state index contributed by atoms with van der Waals surface area (Å²) >= 11 is 0. The first-order chi connectivity index (χ1) is 10.2. The van der Waals surface area contributed by atoms with E-state index in [9.17, 15) is 25.2 Å². The molecular formula is C14H29NO6Si. The molecule has 22 heavy (non-hydrogen) atoms. The molecular weight excluding hydrogens is 306 g/mol. The van der Waals surface area contributed by atoms with E-state index >= 15 is 0 Å². The normalized spacial score (nSPS) is 27.9. The van der Waals surface area contributed by atoms with Crippen LogP contribution in [0.15, 0.2) is 0 Å². The van der Waals surface area contributed by atoms with Gasteiger partial charge in [-0.05, 0) is 38.4 Å². The monoisotopic (exact) mass is 335 g/mol. The molecule has 0 aromatic carbocycles. The van der Waals surface area contributed by atoms with Crippen LogP contribution in [0.1, 0.15) is 19.3 Å². The lowest BCUT2D eigenvalue weighted by atomic mass is 9.76. The zero-order valence-electron chi connectivity index (χ0n) is 13.6. The standard InChI is InChI=1S/C14H29NO6Si/c1-22(2,3)21-15(13(9-18)14(19)20)12-6-4-5-10(7-16)11(12)8-17/h10-13,16-18H,4-9H2,1-3H3,(H,19,20)/t10?,11?,12?,13-/m0/s1. The molecule has 4 atom stereocenters. The van der Waals surface area contributed by atoms with Gasteiger partial charge in [-0.3, -0.25) is 4.79 Å². The Morgan fingerprint density at radius 2 is 1.86 bits per heavy atom. The SMILES string of the molecule is C[Si](C)(C)ON(C1CCCC(CO)C1CO)[C@@H](CO)C(=O)O. The smallest absolute Gasteiger partial charge is 0.325 e. The van der Waals surface area contributed by atoms with Crippen LogP contribution in [0.2, 0.25) is 19.6 Å². The molecule has 0 saturated heterocycles. The number of carbonyl (C=O) groups is 1. The van der Waals surface area contributed by atoms with Gasteiger partial charge in [-0.25, -0.2) is 0 Å². The largest absolute Gasteiger partial charge is 0.480 e. The average molecular weight is 335 g/mol. The lowest BCUT2D eigenvalue weighted by Gasteiger charge is -2.45. The molecule has 1 fully saturated rings. The summed E-state index contributed by atoms with van der Waals surface area (Å²) in [5.41, 5.74) is 0. The van der Waals surface area contributed by atoms with E-state index in [1.165, 1.54) is 5.06 Å². The van der Waals surface area contributed by atoms with Crippen molar-refractivity contribution >= 4 is 14.3 Å². The van der Waals surface area contributed by atoms with Crippen molar-refractivity contribution in [1.29, 1.82) is 0 Å². The highest BCUT2D eigenvalue weighted by Crippen LogP contribution is 2.35. The number of hydrogen-bond acceptors (Lipinski definition) is 6. The van der Waals surface area contributed by atoms with Crippen molar-refractivity contribution in [1.82, 2.24) is 5.06 Å². The lowest BCUT2D eigenvalue weighted by molar-refractivity contribution is -0.196. The molecule has 1 rings (SSSR count). The predicted octanol–water partition coefficient (Wildman–Crippen LogP) is 0.270. The molecule has 0 aliphatic heterocycles. The number of hydroxylamine groups is 2. The highest BCUT2D eigenvalue weighted by molar-refractivity contribution is 6.69. The summed E-state index contributed by atoms with van der Waals surface area (Å²) < 4.78 is 5.96. The Bertz CT molecular complexity index is 362. The Balaban J connectivity index is 3.09. The molecule has 0 aromatic heterocycles. The van der Waals surface area contributed by atoms with Crippen LogP contribution < -0.4 is 0 Å². The first-order valence-corrected chi connectivity index (χ1v) is 11.2. The molecule has 1 aliphatic carbocycles. The van der Waals surface area contributed by atoms with Gasteiger partial charge in [-0.1, -0.05) is 6.42 Å². The molecule has 0 spiro atoms. The van der Waals surface area contributed by atoms with Gasteiger partial charge >= 0.3 is 5.97 Å². The summed E-state index contributed by atoms with van der Waals surface area (Å²) in [6, 6.07) is -1.49. The molecule has 1 saturated carbocycles. The minimum absolute atomic E-state index is 0.0423. The lowest BCUT2D eigenvalue weighted by Crippen LogP contribution is -2.58. The zero-order valence-corrected chi connectivity index (χ0v) is 14.6. The molecule has 0 aromatic rings. The van der Waals surface area contributed by atoms with E-state index in [0.29, 0.717) is 6.42 Å². The number of carboxylic acids is 1. The van der Waals surface area contributed by atoms with E-state index in [4.69, 9.17) is 4.53 Å². The molecule has 0 bridgehead atoms. The molecule has 7 nitrogen and oxygen atoms in total. The van der Waals surface area contributed by atoms with Crippen molar-refractivity contribution in [3.63, 3.8) is 0 Å². The van der Waals surface area contributed by atoms with Gasteiger partial charge in [0.05, 0.1) is 6.61 Å². The van der Waals surface area contributed by atoms with Crippen molar-refractivity contribution in [2.24, 2.45) is 11.8 Å². The topological polar surface area (TPSA) is 110 Å².